The second kappa shape index (κ2) is 8.46. The fourth-order valence-corrected chi connectivity index (χ4v) is 4.42. The first-order valence-corrected chi connectivity index (χ1v) is 9.89. The molecule has 0 amide bonds. The summed E-state index contributed by atoms with van der Waals surface area (Å²) in [6.45, 7) is 8.95. The number of likely N-dealkylation sites (tertiary alicyclic amines) is 1. The van der Waals surface area contributed by atoms with Gasteiger partial charge in [0.2, 0.25) is 0 Å². The van der Waals surface area contributed by atoms with E-state index in [2.05, 4.69) is 54.4 Å². The van der Waals surface area contributed by atoms with Gasteiger partial charge in [0.25, 0.3) is 0 Å². The molecule has 0 spiro atoms. The third kappa shape index (κ3) is 4.59. The van der Waals surface area contributed by atoms with Gasteiger partial charge in [0.15, 0.2) is 0 Å². The maximum absolute atomic E-state index is 6.13. The van der Waals surface area contributed by atoms with Crippen molar-refractivity contribution in [1.82, 2.24) is 10.2 Å². The van der Waals surface area contributed by atoms with Gasteiger partial charge in [-0.1, -0.05) is 44.2 Å². The highest BCUT2D eigenvalue weighted by molar-refractivity contribution is 5.14. The van der Waals surface area contributed by atoms with Crippen molar-refractivity contribution in [2.75, 3.05) is 19.7 Å². The van der Waals surface area contributed by atoms with Crippen LogP contribution in [0.1, 0.15) is 57.9 Å². The van der Waals surface area contributed by atoms with Crippen molar-refractivity contribution in [3.05, 3.63) is 35.9 Å². The highest BCUT2D eigenvalue weighted by Crippen LogP contribution is 2.32. The molecule has 3 rings (SSSR count). The Hall–Kier alpha value is -0.900. The largest absolute Gasteiger partial charge is 0.375 e. The first kappa shape index (κ1) is 17.9. The third-order valence-corrected chi connectivity index (χ3v) is 6.01. The van der Waals surface area contributed by atoms with Crippen molar-refractivity contribution >= 4 is 0 Å². The average molecular weight is 331 g/mol. The zero-order valence-corrected chi connectivity index (χ0v) is 15.5. The highest BCUT2D eigenvalue weighted by Gasteiger charge is 2.35. The number of nitrogens with one attached hydrogen (secondary N) is 1. The monoisotopic (exact) mass is 330 g/mol. The standard InChI is InChI=1S/C21H34N2O/c1-3-21(4-2)15-19(12-14-24-21)22-20-11-8-13-23(17-20)16-18-9-6-5-7-10-18/h5-7,9-10,19-20,22H,3-4,8,11-17H2,1-2H3. The molecule has 0 bridgehead atoms. The van der Waals surface area contributed by atoms with Crippen molar-refractivity contribution in [1.29, 1.82) is 0 Å². The van der Waals surface area contributed by atoms with Crippen LogP contribution >= 0.6 is 0 Å². The lowest BCUT2D eigenvalue weighted by Gasteiger charge is -2.43. The summed E-state index contributed by atoms with van der Waals surface area (Å²) in [5, 5.41) is 3.98. The van der Waals surface area contributed by atoms with Crippen molar-refractivity contribution < 1.29 is 4.74 Å². The molecule has 24 heavy (non-hydrogen) atoms. The molecule has 2 unspecified atom stereocenters. The second-order valence-electron chi connectivity index (χ2n) is 7.65. The summed E-state index contributed by atoms with van der Waals surface area (Å²) in [4.78, 5) is 2.61. The zero-order valence-electron chi connectivity index (χ0n) is 15.5. The third-order valence-electron chi connectivity index (χ3n) is 6.01. The Morgan fingerprint density at radius 1 is 1.12 bits per heavy atom. The zero-order chi connectivity index (χ0) is 16.8. The van der Waals surface area contributed by atoms with Gasteiger partial charge in [-0.25, -0.2) is 0 Å². The minimum atomic E-state index is 0.119. The number of ether oxygens (including phenoxy) is 1. The molecule has 0 saturated carbocycles. The van der Waals surface area contributed by atoms with E-state index in [0.29, 0.717) is 12.1 Å². The molecule has 0 aliphatic carbocycles. The van der Waals surface area contributed by atoms with Gasteiger partial charge >= 0.3 is 0 Å². The van der Waals surface area contributed by atoms with Crippen molar-refractivity contribution in [2.24, 2.45) is 0 Å². The molecule has 2 aliphatic heterocycles. The highest BCUT2D eigenvalue weighted by atomic mass is 16.5. The fraction of sp³-hybridized carbons (Fsp3) is 0.714. The minimum absolute atomic E-state index is 0.119. The van der Waals surface area contributed by atoms with Gasteiger partial charge in [0, 0.05) is 31.8 Å². The van der Waals surface area contributed by atoms with E-state index in [9.17, 15) is 0 Å². The Kier molecular flexibility index (Phi) is 6.31. The first-order valence-electron chi connectivity index (χ1n) is 9.89. The van der Waals surface area contributed by atoms with E-state index in [-0.39, 0.29) is 5.60 Å². The summed E-state index contributed by atoms with van der Waals surface area (Å²) in [5.74, 6) is 0. The number of hydrogen-bond acceptors (Lipinski definition) is 3. The van der Waals surface area contributed by atoms with Crippen LogP contribution in [0.3, 0.4) is 0 Å². The Balaban J connectivity index is 1.51. The molecule has 0 aromatic heterocycles. The van der Waals surface area contributed by atoms with E-state index in [4.69, 9.17) is 4.74 Å². The van der Waals surface area contributed by atoms with Gasteiger partial charge in [-0.15, -0.1) is 0 Å². The van der Waals surface area contributed by atoms with Crippen LogP contribution in [0.25, 0.3) is 0 Å². The fourth-order valence-electron chi connectivity index (χ4n) is 4.42. The molecule has 2 atom stereocenters. The van der Waals surface area contributed by atoms with Gasteiger partial charge < -0.3 is 10.1 Å². The molecule has 2 fully saturated rings. The predicted molar refractivity (Wildman–Crippen MR) is 100 cm³/mol. The number of nitrogens with zero attached hydrogens (tertiary/aromatic N) is 1. The molecule has 3 nitrogen and oxygen atoms in total. The molecule has 2 aliphatic rings. The number of rotatable bonds is 6. The molecule has 1 aromatic rings. The summed E-state index contributed by atoms with van der Waals surface area (Å²) in [6, 6.07) is 12.1. The molecule has 0 radical (unpaired) electrons. The topological polar surface area (TPSA) is 24.5 Å². The van der Waals surface area contributed by atoms with Crippen LogP contribution in [0.2, 0.25) is 0 Å². The Bertz CT molecular complexity index is 486. The van der Waals surface area contributed by atoms with Crippen LogP contribution in [-0.2, 0) is 11.3 Å². The summed E-state index contributed by atoms with van der Waals surface area (Å²) < 4.78 is 6.13. The maximum atomic E-state index is 6.13. The van der Waals surface area contributed by atoms with Crippen molar-refractivity contribution in [3.8, 4) is 0 Å². The lowest BCUT2D eigenvalue weighted by molar-refractivity contribution is -0.0947. The van der Waals surface area contributed by atoms with E-state index in [1.165, 1.54) is 37.9 Å². The average Bonchev–Trinajstić information content (AvgIpc) is 2.63. The van der Waals surface area contributed by atoms with E-state index in [1.54, 1.807) is 0 Å². The van der Waals surface area contributed by atoms with Crippen LogP contribution in [0, 0.1) is 0 Å². The number of benzene rings is 1. The maximum Gasteiger partial charge on any atom is 0.0692 e. The molecular weight excluding hydrogens is 296 g/mol. The molecule has 1 aromatic carbocycles. The Morgan fingerprint density at radius 3 is 2.67 bits per heavy atom. The normalized spacial score (nSPS) is 27.9. The van der Waals surface area contributed by atoms with Gasteiger partial charge in [0.1, 0.15) is 0 Å². The van der Waals surface area contributed by atoms with Gasteiger partial charge in [-0.3, -0.25) is 4.90 Å². The molecule has 2 saturated heterocycles. The van der Waals surface area contributed by atoms with Crippen molar-refractivity contribution in [3.63, 3.8) is 0 Å². The Morgan fingerprint density at radius 2 is 1.92 bits per heavy atom. The smallest absolute Gasteiger partial charge is 0.0692 e. The van der Waals surface area contributed by atoms with Gasteiger partial charge in [0.05, 0.1) is 5.60 Å². The van der Waals surface area contributed by atoms with Crippen LogP contribution in [-0.4, -0.2) is 42.3 Å². The lowest BCUT2D eigenvalue weighted by atomic mass is 9.85. The predicted octanol–water partition coefficient (Wildman–Crippen LogP) is 3.98. The van der Waals surface area contributed by atoms with E-state index < -0.39 is 0 Å². The van der Waals surface area contributed by atoms with Gasteiger partial charge in [-0.2, -0.15) is 0 Å². The number of piperidine rings is 1. The van der Waals surface area contributed by atoms with Crippen LogP contribution < -0.4 is 5.32 Å². The van der Waals surface area contributed by atoms with E-state index in [0.717, 1.165) is 32.4 Å². The SMILES string of the molecule is CCC1(CC)CC(NC2CCCN(Cc3ccccc3)C2)CCO1. The van der Waals surface area contributed by atoms with E-state index >= 15 is 0 Å². The van der Waals surface area contributed by atoms with Crippen LogP contribution in [0.4, 0.5) is 0 Å². The minimum Gasteiger partial charge on any atom is -0.375 e. The molecule has 2 heterocycles. The number of hydrogen-bond donors (Lipinski definition) is 1. The van der Waals surface area contributed by atoms with Crippen LogP contribution in [0.5, 0.6) is 0 Å². The van der Waals surface area contributed by atoms with Crippen LogP contribution in [0.15, 0.2) is 30.3 Å². The molecular formula is C21H34N2O. The summed E-state index contributed by atoms with van der Waals surface area (Å²) in [7, 11) is 0. The van der Waals surface area contributed by atoms with Gasteiger partial charge in [-0.05, 0) is 50.6 Å². The summed E-state index contributed by atoms with van der Waals surface area (Å²) in [6.07, 6.45) is 7.22. The Labute approximate surface area is 147 Å². The summed E-state index contributed by atoms with van der Waals surface area (Å²) >= 11 is 0. The molecule has 3 heteroatoms. The summed E-state index contributed by atoms with van der Waals surface area (Å²) in [5.41, 5.74) is 1.55. The lowest BCUT2D eigenvalue weighted by Crippen LogP contribution is -2.53. The van der Waals surface area contributed by atoms with Crippen molar-refractivity contribution in [2.45, 2.75) is 76.6 Å². The quantitative estimate of drug-likeness (QED) is 0.854. The first-order chi connectivity index (χ1) is 11.7. The van der Waals surface area contributed by atoms with E-state index in [1.807, 2.05) is 0 Å². The second-order valence-corrected chi connectivity index (χ2v) is 7.65. The molecule has 1 N–H and O–H groups in total. The molecule has 134 valence electrons.